The summed E-state index contributed by atoms with van der Waals surface area (Å²) >= 11 is 0. The number of methoxy groups -OCH3 is 1. The number of nitrogens with zero attached hydrogens (tertiary/aromatic N) is 3. The summed E-state index contributed by atoms with van der Waals surface area (Å²) in [6.45, 7) is 8.92. The van der Waals surface area contributed by atoms with Gasteiger partial charge in [-0.3, -0.25) is 0 Å². The zero-order valence-corrected chi connectivity index (χ0v) is 14.0. The average molecular weight is 311 g/mol. The molecule has 22 heavy (non-hydrogen) atoms. The molecule has 1 unspecified atom stereocenters. The Hall–Kier alpha value is -1.63. The Morgan fingerprint density at radius 3 is 2.68 bits per heavy atom. The quantitative estimate of drug-likeness (QED) is 0.831. The molecule has 1 saturated heterocycles. The van der Waals surface area contributed by atoms with Crippen LogP contribution in [-0.4, -0.2) is 46.9 Å². The molecule has 124 valence electrons. The lowest BCUT2D eigenvalue weighted by Gasteiger charge is -2.39. The van der Waals surface area contributed by atoms with Gasteiger partial charge in [-0.05, 0) is 27.2 Å². The van der Waals surface area contributed by atoms with E-state index < -0.39 is 5.60 Å². The Kier molecular flexibility index (Phi) is 5.05. The van der Waals surface area contributed by atoms with Gasteiger partial charge in [0.2, 0.25) is 11.7 Å². The van der Waals surface area contributed by atoms with E-state index in [-0.39, 0.29) is 12.2 Å². The maximum atomic E-state index is 11.8. The molecule has 1 aliphatic rings. The molecular formula is C15H25N3O4. The van der Waals surface area contributed by atoms with E-state index in [1.807, 2.05) is 27.7 Å². The molecule has 1 atom stereocenters. The zero-order chi connectivity index (χ0) is 16.3. The van der Waals surface area contributed by atoms with Gasteiger partial charge < -0.3 is 18.9 Å². The van der Waals surface area contributed by atoms with E-state index >= 15 is 0 Å². The number of ether oxygens (including phenoxy) is 2. The SMILES string of the molecule is CCC(OC)c1noc(CC2CN(C(=O)OC(C)(C)C)C2)n1. The summed E-state index contributed by atoms with van der Waals surface area (Å²) in [5.41, 5.74) is -0.459. The second-order valence-electron chi connectivity index (χ2n) is 6.63. The van der Waals surface area contributed by atoms with E-state index in [1.54, 1.807) is 12.0 Å². The molecule has 0 aromatic carbocycles. The standard InChI is InChI=1S/C15H25N3O4/c1-6-11(20-5)13-16-12(22-17-13)7-10-8-18(9-10)14(19)21-15(2,3)4/h10-11H,6-9H2,1-5H3. The number of likely N-dealkylation sites (tertiary alicyclic amines) is 1. The molecule has 0 radical (unpaired) electrons. The summed E-state index contributed by atoms with van der Waals surface area (Å²) in [7, 11) is 1.63. The summed E-state index contributed by atoms with van der Waals surface area (Å²) < 4.78 is 15.9. The van der Waals surface area contributed by atoms with Crippen LogP contribution in [0.1, 0.15) is 51.9 Å². The van der Waals surface area contributed by atoms with Crippen LogP contribution in [0, 0.1) is 5.92 Å². The highest BCUT2D eigenvalue weighted by Gasteiger charge is 2.34. The van der Waals surface area contributed by atoms with Gasteiger partial charge in [-0.2, -0.15) is 4.98 Å². The number of rotatable bonds is 5. The van der Waals surface area contributed by atoms with Gasteiger partial charge in [0.25, 0.3) is 0 Å². The molecule has 0 bridgehead atoms. The lowest BCUT2D eigenvalue weighted by molar-refractivity contribution is -0.00187. The van der Waals surface area contributed by atoms with Crippen LogP contribution in [0.25, 0.3) is 0 Å². The van der Waals surface area contributed by atoms with Gasteiger partial charge >= 0.3 is 6.09 Å². The van der Waals surface area contributed by atoms with Gasteiger partial charge in [0.15, 0.2) is 0 Å². The van der Waals surface area contributed by atoms with E-state index in [0.29, 0.717) is 37.1 Å². The van der Waals surface area contributed by atoms with Crippen molar-refractivity contribution in [1.29, 1.82) is 0 Å². The molecule has 1 fully saturated rings. The topological polar surface area (TPSA) is 77.7 Å². The summed E-state index contributed by atoms with van der Waals surface area (Å²) in [5, 5.41) is 3.96. The third-order valence-corrected chi connectivity index (χ3v) is 3.50. The molecule has 7 nitrogen and oxygen atoms in total. The number of carbonyl (C=O) groups excluding carboxylic acids is 1. The maximum absolute atomic E-state index is 11.8. The lowest BCUT2D eigenvalue weighted by atomic mass is 9.97. The Bertz CT molecular complexity index is 499. The van der Waals surface area contributed by atoms with Gasteiger partial charge in [-0.25, -0.2) is 4.79 Å². The average Bonchev–Trinajstić information content (AvgIpc) is 2.81. The van der Waals surface area contributed by atoms with Crippen molar-refractivity contribution >= 4 is 6.09 Å². The Labute approximate surface area is 131 Å². The molecular weight excluding hydrogens is 286 g/mol. The number of hydrogen-bond donors (Lipinski definition) is 0. The molecule has 0 N–H and O–H groups in total. The molecule has 7 heteroatoms. The highest BCUT2D eigenvalue weighted by atomic mass is 16.6. The lowest BCUT2D eigenvalue weighted by Crippen LogP contribution is -2.52. The molecule has 0 spiro atoms. The van der Waals surface area contributed by atoms with Crippen LogP contribution in [-0.2, 0) is 15.9 Å². The van der Waals surface area contributed by atoms with Crippen molar-refractivity contribution in [2.45, 2.75) is 52.2 Å². The minimum Gasteiger partial charge on any atom is -0.444 e. The Morgan fingerprint density at radius 1 is 1.45 bits per heavy atom. The predicted molar refractivity (Wildman–Crippen MR) is 79.3 cm³/mol. The molecule has 0 saturated carbocycles. The van der Waals surface area contributed by atoms with Crippen LogP contribution in [0.3, 0.4) is 0 Å². The Morgan fingerprint density at radius 2 is 2.14 bits per heavy atom. The zero-order valence-electron chi connectivity index (χ0n) is 14.0. The van der Waals surface area contributed by atoms with Crippen molar-refractivity contribution in [2.75, 3.05) is 20.2 Å². The van der Waals surface area contributed by atoms with Crippen molar-refractivity contribution in [3.8, 4) is 0 Å². The molecule has 1 aromatic heterocycles. The van der Waals surface area contributed by atoms with E-state index in [9.17, 15) is 4.79 Å². The molecule has 2 rings (SSSR count). The van der Waals surface area contributed by atoms with E-state index in [2.05, 4.69) is 10.1 Å². The number of amides is 1. The van der Waals surface area contributed by atoms with Crippen molar-refractivity contribution < 1.29 is 18.8 Å². The molecule has 2 heterocycles. The molecule has 1 aromatic rings. The van der Waals surface area contributed by atoms with Gasteiger partial charge in [0, 0.05) is 32.5 Å². The van der Waals surface area contributed by atoms with E-state index in [0.717, 1.165) is 6.42 Å². The van der Waals surface area contributed by atoms with Crippen LogP contribution < -0.4 is 0 Å². The van der Waals surface area contributed by atoms with Crippen LogP contribution >= 0.6 is 0 Å². The normalized spacial score (nSPS) is 17.2. The van der Waals surface area contributed by atoms with Gasteiger partial charge in [0.05, 0.1) is 0 Å². The first-order valence-corrected chi connectivity index (χ1v) is 7.65. The Balaban J connectivity index is 1.79. The van der Waals surface area contributed by atoms with Crippen LogP contribution in [0.15, 0.2) is 4.52 Å². The molecule has 0 aliphatic carbocycles. The predicted octanol–water partition coefficient (Wildman–Crippen LogP) is 2.58. The van der Waals surface area contributed by atoms with Crippen LogP contribution in [0.2, 0.25) is 0 Å². The highest BCUT2D eigenvalue weighted by Crippen LogP contribution is 2.23. The minimum absolute atomic E-state index is 0.128. The fourth-order valence-electron chi connectivity index (χ4n) is 2.36. The van der Waals surface area contributed by atoms with Gasteiger partial charge in [-0.15, -0.1) is 0 Å². The van der Waals surface area contributed by atoms with Gasteiger partial charge in [0.1, 0.15) is 11.7 Å². The second kappa shape index (κ2) is 6.64. The fourth-order valence-corrected chi connectivity index (χ4v) is 2.36. The fraction of sp³-hybridized carbons (Fsp3) is 0.800. The monoisotopic (exact) mass is 311 g/mol. The third kappa shape index (κ3) is 4.19. The van der Waals surface area contributed by atoms with Crippen molar-refractivity contribution in [1.82, 2.24) is 15.0 Å². The van der Waals surface area contributed by atoms with Crippen molar-refractivity contribution in [3.05, 3.63) is 11.7 Å². The van der Waals surface area contributed by atoms with Crippen molar-refractivity contribution in [3.63, 3.8) is 0 Å². The first-order valence-electron chi connectivity index (χ1n) is 7.65. The highest BCUT2D eigenvalue weighted by molar-refractivity contribution is 5.69. The summed E-state index contributed by atoms with van der Waals surface area (Å²) in [6, 6.07) is 0. The first-order chi connectivity index (χ1) is 10.3. The molecule has 1 aliphatic heterocycles. The number of hydrogen-bond acceptors (Lipinski definition) is 6. The first kappa shape index (κ1) is 16.7. The number of aromatic nitrogens is 2. The smallest absolute Gasteiger partial charge is 0.410 e. The van der Waals surface area contributed by atoms with E-state index in [4.69, 9.17) is 14.0 Å². The summed E-state index contributed by atoms with van der Waals surface area (Å²) in [6.07, 6.45) is 1.08. The maximum Gasteiger partial charge on any atom is 0.410 e. The van der Waals surface area contributed by atoms with Crippen LogP contribution in [0.5, 0.6) is 0 Å². The summed E-state index contributed by atoms with van der Waals surface area (Å²) in [4.78, 5) is 17.9. The van der Waals surface area contributed by atoms with Gasteiger partial charge in [-0.1, -0.05) is 12.1 Å². The largest absolute Gasteiger partial charge is 0.444 e. The third-order valence-electron chi connectivity index (χ3n) is 3.50. The summed E-state index contributed by atoms with van der Waals surface area (Å²) in [5.74, 6) is 1.52. The van der Waals surface area contributed by atoms with E-state index in [1.165, 1.54) is 0 Å². The van der Waals surface area contributed by atoms with Crippen LogP contribution in [0.4, 0.5) is 4.79 Å². The van der Waals surface area contributed by atoms with Crippen molar-refractivity contribution in [2.24, 2.45) is 5.92 Å². The minimum atomic E-state index is -0.459. The number of carbonyl (C=O) groups is 1. The molecule has 1 amide bonds. The second-order valence-corrected chi connectivity index (χ2v) is 6.63.